The van der Waals surface area contributed by atoms with E-state index < -0.39 is 11.1 Å². The molecule has 0 saturated carbocycles. The van der Waals surface area contributed by atoms with Gasteiger partial charge in [-0.1, -0.05) is 70.8 Å². The number of hydrogen-bond acceptors (Lipinski definition) is 1. The Bertz CT molecular complexity index is 202. The summed E-state index contributed by atoms with van der Waals surface area (Å²) in [5, 5.41) is 1.35. The maximum absolute atomic E-state index is 10.3. The minimum atomic E-state index is -1.76. The number of allylic oxidation sites excluding steroid dienone is 1. The molecule has 0 aromatic rings. The van der Waals surface area contributed by atoms with Gasteiger partial charge in [0.1, 0.15) is 0 Å². The molecule has 0 fully saturated rings. The first-order valence-electron chi connectivity index (χ1n) is 7.03. The molecule has 0 aromatic heterocycles. The molecule has 102 valence electrons. The van der Waals surface area contributed by atoms with E-state index in [0.29, 0.717) is 0 Å². The molecule has 1 atom stereocenters. The lowest BCUT2D eigenvalue weighted by Gasteiger charge is -2.01. The minimum Gasteiger partial charge on any atom is -0.303 e. The van der Waals surface area contributed by atoms with E-state index in [1.165, 1.54) is 63.2 Å². The summed E-state index contributed by atoms with van der Waals surface area (Å²) in [6, 6.07) is 0. The molecule has 0 spiro atoms. The Hall–Kier alpha value is -0.150. The van der Waals surface area contributed by atoms with Gasteiger partial charge in [0, 0.05) is 5.41 Å². The van der Waals surface area contributed by atoms with Gasteiger partial charge in [0.15, 0.2) is 11.1 Å². The quantitative estimate of drug-likeness (QED) is 0.394. The van der Waals surface area contributed by atoms with Gasteiger partial charge in [-0.3, -0.25) is 0 Å². The van der Waals surface area contributed by atoms with E-state index in [9.17, 15) is 4.21 Å². The van der Waals surface area contributed by atoms with Crippen LogP contribution in [0.25, 0.3) is 0 Å². The SMILES string of the molecule is CCCCCCCCCCCCC=CS(=O)O. The van der Waals surface area contributed by atoms with Crippen molar-refractivity contribution < 1.29 is 8.76 Å². The van der Waals surface area contributed by atoms with Crippen molar-refractivity contribution in [2.75, 3.05) is 0 Å². The Balaban J connectivity index is 3.01. The van der Waals surface area contributed by atoms with Crippen molar-refractivity contribution in [2.24, 2.45) is 0 Å². The summed E-state index contributed by atoms with van der Waals surface area (Å²) in [5.41, 5.74) is 0. The lowest BCUT2D eigenvalue weighted by atomic mass is 10.1. The standard InChI is InChI=1S/C14H28O2S/c1-2-3-4-5-6-7-8-9-10-11-12-13-14-17(15)16/h13-14H,2-12H2,1H3,(H,15,16). The molecule has 3 heteroatoms. The number of rotatable bonds is 12. The molecule has 0 aromatic carbocycles. The third kappa shape index (κ3) is 15.9. The van der Waals surface area contributed by atoms with Crippen LogP contribution < -0.4 is 0 Å². The molecule has 0 saturated heterocycles. The van der Waals surface area contributed by atoms with E-state index in [-0.39, 0.29) is 0 Å². The molecule has 0 radical (unpaired) electrons. The highest BCUT2D eigenvalue weighted by Crippen LogP contribution is 2.11. The maximum Gasteiger partial charge on any atom is 0.178 e. The van der Waals surface area contributed by atoms with Crippen molar-refractivity contribution in [2.45, 2.75) is 77.6 Å². The van der Waals surface area contributed by atoms with Gasteiger partial charge in [-0.2, -0.15) is 0 Å². The minimum absolute atomic E-state index is 0.933. The highest BCUT2D eigenvalue weighted by Gasteiger charge is 1.92. The first-order chi connectivity index (χ1) is 8.27. The third-order valence-corrected chi connectivity index (χ3v) is 3.36. The molecular weight excluding hydrogens is 232 g/mol. The van der Waals surface area contributed by atoms with Crippen molar-refractivity contribution in [1.82, 2.24) is 0 Å². The van der Waals surface area contributed by atoms with Crippen LogP contribution in [0.15, 0.2) is 11.5 Å². The van der Waals surface area contributed by atoms with E-state index in [0.717, 1.165) is 12.8 Å². The van der Waals surface area contributed by atoms with Gasteiger partial charge in [0.05, 0.1) is 0 Å². The Labute approximate surface area is 109 Å². The molecule has 1 N–H and O–H groups in total. The first kappa shape index (κ1) is 16.9. The normalized spacial score (nSPS) is 13.3. The van der Waals surface area contributed by atoms with Crippen LogP contribution in [0.5, 0.6) is 0 Å². The molecule has 0 bridgehead atoms. The fraction of sp³-hybridized carbons (Fsp3) is 0.857. The molecule has 0 amide bonds. The van der Waals surface area contributed by atoms with E-state index >= 15 is 0 Å². The predicted molar refractivity (Wildman–Crippen MR) is 76.4 cm³/mol. The second kappa shape index (κ2) is 13.9. The van der Waals surface area contributed by atoms with Crippen LogP contribution in [-0.4, -0.2) is 8.76 Å². The first-order valence-corrected chi connectivity index (χ1v) is 8.20. The van der Waals surface area contributed by atoms with Crippen LogP contribution in [0.1, 0.15) is 77.6 Å². The van der Waals surface area contributed by atoms with Gasteiger partial charge in [0.25, 0.3) is 0 Å². The van der Waals surface area contributed by atoms with Gasteiger partial charge in [0.2, 0.25) is 0 Å². The van der Waals surface area contributed by atoms with Gasteiger partial charge in [-0.25, -0.2) is 4.21 Å². The molecular formula is C14H28O2S. The predicted octanol–water partition coefficient (Wildman–Crippen LogP) is 5.03. The number of unbranched alkanes of at least 4 members (excludes halogenated alkanes) is 10. The Morgan fingerprint density at radius 1 is 0.882 bits per heavy atom. The highest BCUT2D eigenvalue weighted by molar-refractivity contribution is 7.82. The highest BCUT2D eigenvalue weighted by atomic mass is 32.2. The summed E-state index contributed by atoms with van der Waals surface area (Å²) in [6.45, 7) is 2.25. The molecule has 0 aliphatic heterocycles. The van der Waals surface area contributed by atoms with Crippen molar-refractivity contribution in [1.29, 1.82) is 0 Å². The van der Waals surface area contributed by atoms with Crippen LogP contribution in [0, 0.1) is 0 Å². The average molecular weight is 260 g/mol. The van der Waals surface area contributed by atoms with Crippen LogP contribution in [0.3, 0.4) is 0 Å². The van der Waals surface area contributed by atoms with Gasteiger partial charge in [-0.05, 0) is 12.8 Å². The zero-order valence-corrected chi connectivity index (χ0v) is 12.0. The topological polar surface area (TPSA) is 37.3 Å². The van der Waals surface area contributed by atoms with Crippen LogP contribution in [-0.2, 0) is 11.1 Å². The average Bonchev–Trinajstić information content (AvgIpc) is 2.30. The summed E-state index contributed by atoms with van der Waals surface area (Å²) in [5.74, 6) is 0. The zero-order valence-electron chi connectivity index (χ0n) is 11.2. The second-order valence-corrected chi connectivity index (χ2v) is 5.44. The summed E-state index contributed by atoms with van der Waals surface area (Å²) < 4.78 is 18.8. The zero-order chi connectivity index (χ0) is 12.8. The second-order valence-electron chi connectivity index (χ2n) is 4.62. The largest absolute Gasteiger partial charge is 0.303 e. The molecule has 0 aliphatic carbocycles. The molecule has 17 heavy (non-hydrogen) atoms. The lowest BCUT2D eigenvalue weighted by molar-refractivity contribution is 0.557. The Morgan fingerprint density at radius 3 is 1.82 bits per heavy atom. The maximum atomic E-state index is 10.3. The molecule has 1 unspecified atom stereocenters. The van der Waals surface area contributed by atoms with Gasteiger partial charge in [-0.15, -0.1) is 0 Å². The van der Waals surface area contributed by atoms with Crippen LogP contribution >= 0.6 is 0 Å². The number of hydrogen-bond donors (Lipinski definition) is 1. The van der Waals surface area contributed by atoms with Crippen molar-refractivity contribution in [3.05, 3.63) is 11.5 Å². The summed E-state index contributed by atoms with van der Waals surface area (Å²) in [4.78, 5) is 0. The Morgan fingerprint density at radius 2 is 1.35 bits per heavy atom. The van der Waals surface area contributed by atoms with Gasteiger partial charge < -0.3 is 4.55 Å². The summed E-state index contributed by atoms with van der Waals surface area (Å²) in [6.07, 6.45) is 16.1. The van der Waals surface area contributed by atoms with E-state index in [2.05, 4.69) is 6.92 Å². The molecule has 0 heterocycles. The monoisotopic (exact) mass is 260 g/mol. The van der Waals surface area contributed by atoms with E-state index in [1.54, 1.807) is 6.08 Å². The molecule has 0 rings (SSSR count). The van der Waals surface area contributed by atoms with Crippen molar-refractivity contribution >= 4 is 11.1 Å². The van der Waals surface area contributed by atoms with Crippen LogP contribution in [0.2, 0.25) is 0 Å². The van der Waals surface area contributed by atoms with E-state index in [4.69, 9.17) is 4.55 Å². The molecule has 0 aliphatic rings. The molecule has 2 nitrogen and oxygen atoms in total. The van der Waals surface area contributed by atoms with Crippen molar-refractivity contribution in [3.63, 3.8) is 0 Å². The third-order valence-electron chi connectivity index (χ3n) is 2.94. The van der Waals surface area contributed by atoms with Crippen LogP contribution in [0.4, 0.5) is 0 Å². The Kier molecular flexibility index (Phi) is 13.8. The van der Waals surface area contributed by atoms with Crippen molar-refractivity contribution in [3.8, 4) is 0 Å². The summed E-state index contributed by atoms with van der Waals surface area (Å²) in [7, 11) is 0. The fourth-order valence-corrected chi connectivity index (χ4v) is 2.20. The van der Waals surface area contributed by atoms with E-state index in [1.807, 2.05) is 0 Å². The van der Waals surface area contributed by atoms with Gasteiger partial charge >= 0.3 is 0 Å². The fourth-order valence-electron chi connectivity index (χ4n) is 1.90. The lowest BCUT2D eigenvalue weighted by Crippen LogP contribution is -1.82. The summed E-state index contributed by atoms with van der Waals surface area (Å²) >= 11 is -1.76. The smallest absolute Gasteiger partial charge is 0.178 e.